The molecule has 1 aromatic carbocycles. The number of benzene rings is 1. The molecule has 1 N–H and O–H groups in total. The number of halogens is 5. The van der Waals surface area contributed by atoms with Crippen molar-refractivity contribution in [2.45, 2.75) is 30.7 Å². The van der Waals surface area contributed by atoms with Crippen molar-refractivity contribution in [2.24, 2.45) is 7.05 Å². The summed E-state index contributed by atoms with van der Waals surface area (Å²) in [5.41, 5.74) is -5.57. The van der Waals surface area contributed by atoms with E-state index < -0.39 is 39.4 Å². The summed E-state index contributed by atoms with van der Waals surface area (Å²) in [7, 11) is 1.21. The van der Waals surface area contributed by atoms with E-state index in [9.17, 15) is 27.5 Å². The largest absolute Gasteiger partial charge is 0.427 e. The minimum Gasteiger partial charge on any atom is -0.371 e. The molecule has 28 heavy (non-hydrogen) atoms. The Kier molecular flexibility index (Phi) is 4.10. The van der Waals surface area contributed by atoms with Crippen molar-refractivity contribution in [3.05, 3.63) is 62.9 Å². The van der Waals surface area contributed by atoms with Crippen LogP contribution in [-0.2, 0) is 12.6 Å². The molecule has 0 spiro atoms. The van der Waals surface area contributed by atoms with Crippen molar-refractivity contribution in [3.8, 4) is 0 Å². The molecule has 0 radical (unpaired) electrons. The first-order chi connectivity index (χ1) is 13.1. The van der Waals surface area contributed by atoms with Gasteiger partial charge < -0.3 is 9.67 Å². The van der Waals surface area contributed by atoms with Crippen LogP contribution in [-0.4, -0.2) is 25.6 Å². The van der Waals surface area contributed by atoms with Gasteiger partial charge in [0.15, 0.2) is 5.52 Å². The Morgan fingerprint density at radius 1 is 1.25 bits per heavy atom. The number of hydrogen-bond donors (Lipinski definition) is 1. The third kappa shape index (κ3) is 2.64. The van der Waals surface area contributed by atoms with Gasteiger partial charge >= 0.3 is 6.18 Å². The summed E-state index contributed by atoms with van der Waals surface area (Å²) in [5.74, 6) is -0.919. The molecule has 5 nitrogen and oxygen atoms in total. The standard InChI is InChI=1S/C18H14ClF4N3O2/c1-25-15(11-6-7-26(10-3-4-10)16(27)14(11)24-25)17(28,18(21,22)23)9-2-5-13(20)12(19)8-9/h2,5-8,10,28H,3-4H2,1H3/t17-/m0/s1. The highest BCUT2D eigenvalue weighted by Gasteiger charge is 2.59. The second-order valence-corrected chi connectivity index (χ2v) is 7.24. The fourth-order valence-corrected chi connectivity index (χ4v) is 3.61. The predicted molar refractivity (Wildman–Crippen MR) is 93.7 cm³/mol. The van der Waals surface area contributed by atoms with Crippen molar-refractivity contribution in [1.29, 1.82) is 0 Å². The van der Waals surface area contributed by atoms with Crippen LogP contribution in [0, 0.1) is 5.82 Å². The van der Waals surface area contributed by atoms with Gasteiger partial charge in [0.2, 0.25) is 5.60 Å². The van der Waals surface area contributed by atoms with Crippen molar-refractivity contribution in [1.82, 2.24) is 14.3 Å². The lowest BCUT2D eigenvalue weighted by Crippen LogP contribution is -2.45. The monoisotopic (exact) mass is 415 g/mol. The van der Waals surface area contributed by atoms with E-state index in [-0.39, 0.29) is 16.9 Å². The summed E-state index contributed by atoms with van der Waals surface area (Å²) in [5, 5.41) is 14.1. The van der Waals surface area contributed by atoms with Gasteiger partial charge in [0, 0.05) is 30.2 Å². The minimum absolute atomic E-state index is 0.0137. The van der Waals surface area contributed by atoms with Gasteiger partial charge in [-0.3, -0.25) is 9.48 Å². The summed E-state index contributed by atoms with van der Waals surface area (Å²) < 4.78 is 58.0. The second kappa shape index (κ2) is 6.05. The summed E-state index contributed by atoms with van der Waals surface area (Å²) >= 11 is 5.65. The first-order valence-electron chi connectivity index (χ1n) is 8.38. The fourth-order valence-electron chi connectivity index (χ4n) is 3.43. The first kappa shape index (κ1) is 18.9. The van der Waals surface area contributed by atoms with E-state index in [1.54, 1.807) is 0 Å². The molecule has 1 saturated carbocycles. The van der Waals surface area contributed by atoms with Crippen LogP contribution in [0.1, 0.15) is 30.1 Å². The zero-order valence-electron chi connectivity index (χ0n) is 14.5. The number of fused-ring (bicyclic) bond motifs is 1. The Hall–Kier alpha value is -2.39. The Morgan fingerprint density at radius 2 is 1.93 bits per heavy atom. The van der Waals surface area contributed by atoms with Crippen molar-refractivity contribution >= 4 is 22.5 Å². The summed E-state index contributed by atoms with van der Waals surface area (Å²) in [4.78, 5) is 12.6. The van der Waals surface area contributed by atoms with E-state index in [0.717, 1.165) is 29.7 Å². The van der Waals surface area contributed by atoms with E-state index in [2.05, 4.69) is 5.10 Å². The van der Waals surface area contributed by atoms with E-state index in [4.69, 9.17) is 11.6 Å². The number of aliphatic hydroxyl groups is 1. The molecule has 4 rings (SSSR count). The molecule has 2 heterocycles. The van der Waals surface area contributed by atoms with Gasteiger partial charge in [0.05, 0.1) is 10.7 Å². The number of alkyl halides is 3. The maximum absolute atomic E-state index is 14.1. The van der Waals surface area contributed by atoms with Crippen molar-refractivity contribution in [3.63, 3.8) is 0 Å². The Labute approximate surface area is 160 Å². The molecule has 1 aliphatic carbocycles. The molecule has 0 bridgehead atoms. The highest BCUT2D eigenvalue weighted by molar-refractivity contribution is 6.30. The number of pyridine rings is 1. The fraction of sp³-hybridized carbons (Fsp3) is 0.333. The average molecular weight is 416 g/mol. The first-order valence-corrected chi connectivity index (χ1v) is 8.76. The van der Waals surface area contributed by atoms with Gasteiger partial charge in [-0.1, -0.05) is 17.7 Å². The number of rotatable bonds is 3. The van der Waals surface area contributed by atoms with Crippen LogP contribution in [0.3, 0.4) is 0 Å². The molecule has 1 atom stereocenters. The molecule has 148 valence electrons. The molecular formula is C18H14ClF4N3O2. The number of aryl methyl sites for hydroxylation is 1. The van der Waals surface area contributed by atoms with Gasteiger partial charge in [0.25, 0.3) is 5.56 Å². The smallest absolute Gasteiger partial charge is 0.371 e. The van der Waals surface area contributed by atoms with E-state index in [1.807, 2.05) is 0 Å². The quantitative estimate of drug-likeness (QED) is 0.664. The zero-order chi connectivity index (χ0) is 20.4. The average Bonchev–Trinajstić information content (AvgIpc) is 3.38. The molecular weight excluding hydrogens is 402 g/mol. The Morgan fingerprint density at radius 3 is 2.50 bits per heavy atom. The van der Waals surface area contributed by atoms with Crippen LogP contribution in [0.25, 0.3) is 10.9 Å². The lowest BCUT2D eigenvalue weighted by atomic mass is 9.87. The predicted octanol–water partition coefficient (Wildman–Crippen LogP) is 3.66. The Bertz CT molecular complexity index is 1150. The maximum atomic E-state index is 14.1. The highest BCUT2D eigenvalue weighted by atomic mass is 35.5. The summed E-state index contributed by atoms with van der Waals surface area (Å²) in [6, 6.07) is 3.61. The topological polar surface area (TPSA) is 60.0 Å². The maximum Gasteiger partial charge on any atom is 0.427 e. The lowest BCUT2D eigenvalue weighted by Gasteiger charge is -2.31. The second-order valence-electron chi connectivity index (χ2n) is 6.83. The Balaban J connectivity index is 2.03. The molecule has 1 aliphatic rings. The molecule has 0 unspecified atom stereocenters. The van der Waals surface area contributed by atoms with Crippen LogP contribution in [0.5, 0.6) is 0 Å². The van der Waals surface area contributed by atoms with Crippen LogP contribution < -0.4 is 5.56 Å². The van der Waals surface area contributed by atoms with Crippen LogP contribution in [0.2, 0.25) is 5.02 Å². The van der Waals surface area contributed by atoms with Gasteiger partial charge in [-0.05, 0) is 31.0 Å². The van der Waals surface area contributed by atoms with Crippen LogP contribution in [0.4, 0.5) is 17.6 Å². The molecule has 10 heteroatoms. The van der Waals surface area contributed by atoms with Gasteiger partial charge in [-0.25, -0.2) is 4.39 Å². The van der Waals surface area contributed by atoms with E-state index >= 15 is 0 Å². The molecule has 0 aliphatic heterocycles. The van der Waals surface area contributed by atoms with Crippen molar-refractivity contribution < 1.29 is 22.7 Å². The minimum atomic E-state index is -5.19. The van der Waals surface area contributed by atoms with E-state index in [1.165, 1.54) is 23.9 Å². The van der Waals surface area contributed by atoms with Gasteiger partial charge in [-0.2, -0.15) is 18.3 Å². The number of nitrogens with zero attached hydrogens (tertiary/aromatic N) is 3. The number of aromatic nitrogens is 3. The highest BCUT2D eigenvalue weighted by Crippen LogP contribution is 2.46. The van der Waals surface area contributed by atoms with Gasteiger partial charge in [-0.15, -0.1) is 0 Å². The van der Waals surface area contributed by atoms with Crippen LogP contribution >= 0.6 is 11.6 Å². The van der Waals surface area contributed by atoms with Crippen molar-refractivity contribution in [2.75, 3.05) is 0 Å². The third-order valence-corrected chi connectivity index (χ3v) is 5.24. The van der Waals surface area contributed by atoms with Crippen LogP contribution in [0.15, 0.2) is 35.3 Å². The normalized spacial score (nSPS) is 17.1. The summed E-state index contributed by atoms with van der Waals surface area (Å²) in [6.45, 7) is 0. The van der Waals surface area contributed by atoms with Gasteiger partial charge in [0.1, 0.15) is 5.82 Å². The van der Waals surface area contributed by atoms with E-state index in [0.29, 0.717) is 6.07 Å². The molecule has 2 aromatic heterocycles. The molecule has 0 saturated heterocycles. The lowest BCUT2D eigenvalue weighted by molar-refractivity contribution is -0.250. The third-order valence-electron chi connectivity index (χ3n) is 4.95. The molecule has 3 aromatic rings. The summed E-state index contributed by atoms with van der Waals surface area (Å²) in [6.07, 6.45) is -2.17. The number of hydrogen-bond acceptors (Lipinski definition) is 3. The SMILES string of the molecule is Cn1nc2c(=O)n(C3CC3)ccc2c1[C@@](O)(c1ccc(F)c(Cl)c1)C(F)(F)F. The molecule has 0 amide bonds. The zero-order valence-corrected chi connectivity index (χ0v) is 15.2. The molecule has 1 fully saturated rings.